The molecule has 116 valence electrons. The second kappa shape index (κ2) is 6.31. The van der Waals surface area contributed by atoms with E-state index in [2.05, 4.69) is 15.6 Å². The molecule has 7 heteroatoms. The SMILES string of the molecule is CC(=O)NC(=S)Nc1ccc(-c2nc3ccccc3s2)c(O)c1. The average molecular weight is 343 g/mol. The highest BCUT2D eigenvalue weighted by Crippen LogP contribution is 2.36. The minimum Gasteiger partial charge on any atom is -0.507 e. The van der Waals surface area contributed by atoms with Crippen LogP contribution in [0.25, 0.3) is 20.8 Å². The Morgan fingerprint density at radius 1 is 1.26 bits per heavy atom. The highest BCUT2D eigenvalue weighted by atomic mass is 32.1. The average Bonchev–Trinajstić information content (AvgIpc) is 2.89. The third kappa shape index (κ3) is 3.46. The molecule has 0 spiro atoms. The van der Waals surface area contributed by atoms with Crippen LogP contribution in [0.2, 0.25) is 0 Å². The number of rotatable bonds is 2. The Morgan fingerprint density at radius 3 is 2.74 bits per heavy atom. The molecule has 1 aromatic heterocycles. The summed E-state index contributed by atoms with van der Waals surface area (Å²) in [4.78, 5) is 15.5. The van der Waals surface area contributed by atoms with Crippen molar-refractivity contribution in [1.82, 2.24) is 10.3 Å². The second-order valence-electron chi connectivity index (χ2n) is 4.85. The van der Waals surface area contributed by atoms with Gasteiger partial charge in [-0.2, -0.15) is 0 Å². The molecule has 0 radical (unpaired) electrons. The number of benzene rings is 2. The lowest BCUT2D eigenvalue weighted by molar-refractivity contribution is -0.117. The largest absolute Gasteiger partial charge is 0.507 e. The Hall–Kier alpha value is -2.51. The van der Waals surface area contributed by atoms with Gasteiger partial charge < -0.3 is 15.7 Å². The molecule has 1 heterocycles. The number of aromatic hydroxyl groups is 1. The van der Waals surface area contributed by atoms with Crippen LogP contribution in [-0.2, 0) is 4.79 Å². The molecule has 0 fully saturated rings. The van der Waals surface area contributed by atoms with Gasteiger partial charge in [0, 0.05) is 18.7 Å². The summed E-state index contributed by atoms with van der Waals surface area (Å²) in [6.07, 6.45) is 0. The number of nitrogens with zero attached hydrogens (tertiary/aromatic N) is 1. The van der Waals surface area contributed by atoms with E-state index in [0.29, 0.717) is 11.3 Å². The zero-order valence-corrected chi connectivity index (χ0v) is 13.8. The summed E-state index contributed by atoms with van der Waals surface area (Å²) in [5.41, 5.74) is 2.15. The Kier molecular flexibility index (Phi) is 4.22. The lowest BCUT2D eigenvalue weighted by atomic mass is 10.2. The number of hydrogen-bond acceptors (Lipinski definition) is 5. The molecule has 3 rings (SSSR count). The van der Waals surface area contributed by atoms with E-state index in [4.69, 9.17) is 12.2 Å². The number of anilines is 1. The number of para-hydroxylation sites is 1. The summed E-state index contributed by atoms with van der Waals surface area (Å²) in [5.74, 6) is -0.155. The number of amides is 1. The lowest BCUT2D eigenvalue weighted by Gasteiger charge is -2.09. The lowest BCUT2D eigenvalue weighted by Crippen LogP contribution is -2.32. The molecule has 3 N–H and O–H groups in total. The van der Waals surface area contributed by atoms with Gasteiger partial charge in [-0.3, -0.25) is 4.79 Å². The molecular formula is C16H13N3O2S2. The van der Waals surface area contributed by atoms with E-state index in [1.165, 1.54) is 18.3 Å². The van der Waals surface area contributed by atoms with Crippen molar-refractivity contribution in [3.63, 3.8) is 0 Å². The first-order chi connectivity index (χ1) is 11.0. The Bertz CT molecular complexity index is 872. The predicted octanol–water partition coefficient (Wildman–Crippen LogP) is 3.50. The van der Waals surface area contributed by atoms with Crippen LogP contribution in [0.3, 0.4) is 0 Å². The molecule has 3 aromatic rings. The van der Waals surface area contributed by atoms with Crippen molar-refractivity contribution in [3.05, 3.63) is 42.5 Å². The fraction of sp³-hybridized carbons (Fsp3) is 0.0625. The zero-order chi connectivity index (χ0) is 16.4. The summed E-state index contributed by atoms with van der Waals surface area (Å²) in [6, 6.07) is 12.9. The van der Waals surface area contributed by atoms with E-state index < -0.39 is 0 Å². The van der Waals surface area contributed by atoms with Crippen molar-refractivity contribution in [3.8, 4) is 16.3 Å². The number of aromatic nitrogens is 1. The van der Waals surface area contributed by atoms with Crippen LogP contribution in [-0.4, -0.2) is 21.1 Å². The number of phenols is 1. The molecule has 0 bridgehead atoms. The molecule has 2 aromatic carbocycles. The molecule has 0 atom stereocenters. The summed E-state index contributed by atoms with van der Waals surface area (Å²) in [7, 11) is 0. The predicted molar refractivity (Wildman–Crippen MR) is 96.8 cm³/mol. The summed E-state index contributed by atoms with van der Waals surface area (Å²) in [6.45, 7) is 1.38. The van der Waals surface area contributed by atoms with Crippen molar-refractivity contribution in [2.75, 3.05) is 5.32 Å². The van der Waals surface area contributed by atoms with Crippen LogP contribution in [0.1, 0.15) is 6.92 Å². The van der Waals surface area contributed by atoms with E-state index in [-0.39, 0.29) is 16.8 Å². The van der Waals surface area contributed by atoms with Gasteiger partial charge >= 0.3 is 0 Å². The van der Waals surface area contributed by atoms with Crippen LogP contribution in [0.4, 0.5) is 5.69 Å². The fourth-order valence-corrected chi connectivity index (χ4v) is 3.36. The third-order valence-corrected chi connectivity index (χ3v) is 4.34. The molecule has 23 heavy (non-hydrogen) atoms. The first kappa shape index (κ1) is 15.4. The van der Waals surface area contributed by atoms with Gasteiger partial charge in [0.15, 0.2) is 5.11 Å². The van der Waals surface area contributed by atoms with E-state index >= 15 is 0 Å². The van der Waals surface area contributed by atoms with Crippen LogP contribution < -0.4 is 10.6 Å². The quantitative estimate of drug-likeness (QED) is 0.621. The number of hydrogen-bond donors (Lipinski definition) is 3. The number of thiocarbonyl (C=S) groups is 1. The molecule has 0 saturated carbocycles. The van der Waals surface area contributed by atoms with Crippen molar-refractivity contribution in [1.29, 1.82) is 0 Å². The third-order valence-electron chi connectivity index (χ3n) is 3.07. The number of phenolic OH excluding ortho intramolecular Hbond substituents is 1. The smallest absolute Gasteiger partial charge is 0.222 e. The van der Waals surface area contributed by atoms with Crippen LogP contribution >= 0.6 is 23.6 Å². The van der Waals surface area contributed by atoms with Crippen LogP contribution in [0, 0.1) is 0 Å². The van der Waals surface area contributed by atoms with Crippen molar-refractivity contribution in [2.24, 2.45) is 0 Å². The maximum Gasteiger partial charge on any atom is 0.222 e. The maximum atomic E-state index is 10.9. The van der Waals surface area contributed by atoms with Gasteiger partial charge in [-0.05, 0) is 36.5 Å². The van der Waals surface area contributed by atoms with Gasteiger partial charge in [0.05, 0.1) is 15.8 Å². The highest BCUT2D eigenvalue weighted by Gasteiger charge is 2.11. The van der Waals surface area contributed by atoms with Gasteiger partial charge in [-0.25, -0.2) is 4.98 Å². The normalized spacial score (nSPS) is 10.5. The van der Waals surface area contributed by atoms with E-state index in [1.807, 2.05) is 24.3 Å². The molecule has 0 aliphatic heterocycles. The van der Waals surface area contributed by atoms with E-state index in [1.54, 1.807) is 18.2 Å². The number of carbonyl (C=O) groups is 1. The van der Waals surface area contributed by atoms with Crippen LogP contribution in [0.15, 0.2) is 42.5 Å². The first-order valence-electron chi connectivity index (χ1n) is 6.80. The monoisotopic (exact) mass is 343 g/mol. The van der Waals surface area contributed by atoms with E-state index in [9.17, 15) is 9.90 Å². The fourth-order valence-electron chi connectivity index (χ4n) is 2.10. The summed E-state index contributed by atoms with van der Waals surface area (Å²) >= 11 is 6.51. The van der Waals surface area contributed by atoms with Gasteiger partial charge in [0.25, 0.3) is 0 Å². The maximum absolute atomic E-state index is 10.9. The van der Waals surface area contributed by atoms with Gasteiger partial charge in [0.2, 0.25) is 5.91 Å². The number of fused-ring (bicyclic) bond motifs is 1. The van der Waals surface area contributed by atoms with Crippen molar-refractivity contribution in [2.45, 2.75) is 6.92 Å². The summed E-state index contributed by atoms with van der Waals surface area (Å²) in [5, 5.41) is 16.5. The molecular weight excluding hydrogens is 330 g/mol. The Labute approximate surface area is 142 Å². The minimum atomic E-state index is -0.252. The molecule has 0 aliphatic rings. The number of thiazole rings is 1. The first-order valence-corrected chi connectivity index (χ1v) is 8.03. The number of carbonyl (C=O) groups excluding carboxylic acids is 1. The second-order valence-corrected chi connectivity index (χ2v) is 6.29. The van der Waals surface area contributed by atoms with Crippen molar-refractivity contribution >= 4 is 50.5 Å². The van der Waals surface area contributed by atoms with Gasteiger partial charge in [0.1, 0.15) is 10.8 Å². The highest BCUT2D eigenvalue weighted by molar-refractivity contribution is 7.80. The standard InChI is InChI=1S/C16H13N3O2S2/c1-9(20)17-16(22)18-10-6-7-11(13(21)8-10)15-19-12-4-2-3-5-14(12)23-15/h2-8,21H,1H3,(H2,17,18,20,22). The minimum absolute atomic E-state index is 0.0969. The molecule has 0 saturated heterocycles. The Balaban J connectivity index is 1.87. The Morgan fingerprint density at radius 2 is 2.04 bits per heavy atom. The molecule has 5 nitrogen and oxygen atoms in total. The van der Waals surface area contributed by atoms with Gasteiger partial charge in [-0.1, -0.05) is 12.1 Å². The molecule has 1 amide bonds. The zero-order valence-electron chi connectivity index (χ0n) is 12.2. The van der Waals surface area contributed by atoms with Gasteiger partial charge in [-0.15, -0.1) is 11.3 Å². The van der Waals surface area contributed by atoms with Crippen molar-refractivity contribution < 1.29 is 9.90 Å². The van der Waals surface area contributed by atoms with Crippen LogP contribution in [0.5, 0.6) is 5.75 Å². The number of nitrogens with one attached hydrogen (secondary N) is 2. The van der Waals surface area contributed by atoms with E-state index in [0.717, 1.165) is 15.2 Å². The summed E-state index contributed by atoms with van der Waals surface area (Å²) < 4.78 is 1.07. The molecule has 0 unspecified atom stereocenters. The topological polar surface area (TPSA) is 74.2 Å². The molecule has 0 aliphatic carbocycles.